The van der Waals surface area contributed by atoms with Crippen LogP contribution < -0.4 is 5.32 Å². The van der Waals surface area contributed by atoms with Crippen molar-refractivity contribution in [1.29, 1.82) is 0 Å². The van der Waals surface area contributed by atoms with Gasteiger partial charge in [-0.2, -0.15) is 0 Å². The maximum Gasteiger partial charge on any atom is 0.242 e. The van der Waals surface area contributed by atoms with Gasteiger partial charge in [-0.05, 0) is 26.7 Å². The molecule has 0 aromatic heterocycles. The normalized spacial score (nSPS) is 20.1. The molecule has 3 nitrogen and oxygen atoms in total. The van der Waals surface area contributed by atoms with Crippen molar-refractivity contribution in [3.05, 3.63) is 0 Å². The zero-order valence-electron chi connectivity index (χ0n) is 9.76. The van der Waals surface area contributed by atoms with Gasteiger partial charge in [-0.25, -0.2) is 0 Å². The van der Waals surface area contributed by atoms with Crippen molar-refractivity contribution in [2.24, 2.45) is 0 Å². The Morgan fingerprint density at radius 3 is 2.14 bits per heavy atom. The molecule has 1 amide bonds. The molecule has 0 aromatic rings. The van der Waals surface area contributed by atoms with Crippen LogP contribution in [0.2, 0.25) is 0 Å². The fraction of sp³-hybridized carbons (Fsp3) is 0.909. The molecule has 3 heteroatoms. The van der Waals surface area contributed by atoms with Crippen LogP contribution in [0.4, 0.5) is 0 Å². The molecule has 1 aliphatic carbocycles. The fourth-order valence-corrected chi connectivity index (χ4v) is 2.38. The molecular weight excluding hydrogens is 176 g/mol. The van der Waals surface area contributed by atoms with Gasteiger partial charge in [0, 0.05) is 20.1 Å². The summed E-state index contributed by atoms with van der Waals surface area (Å²) in [6.45, 7) is 4.20. The Kier molecular flexibility index (Phi) is 3.53. The number of carbonyl (C=O) groups excluding carboxylic acids is 1. The second-order valence-electron chi connectivity index (χ2n) is 4.79. The van der Waals surface area contributed by atoms with Crippen LogP contribution >= 0.6 is 0 Å². The van der Waals surface area contributed by atoms with E-state index in [0.29, 0.717) is 6.04 Å². The molecule has 0 radical (unpaired) electrons. The minimum atomic E-state index is -0.266. The number of carbonyl (C=O) groups is 1. The van der Waals surface area contributed by atoms with Crippen molar-refractivity contribution < 1.29 is 4.79 Å². The fourth-order valence-electron chi connectivity index (χ4n) is 2.38. The minimum absolute atomic E-state index is 0.240. The first-order chi connectivity index (χ1) is 6.48. The standard InChI is InChI=1S/C11H22N2O/c1-9(2)12-11(7-5-6-8-11)10(14)13(3)4/h9,12H,5-8H2,1-4H3. The van der Waals surface area contributed by atoms with Gasteiger partial charge in [0.25, 0.3) is 0 Å². The third-order valence-electron chi connectivity index (χ3n) is 2.84. The molecule has 82 valence electrons. The van der Waals surface area contributed by atoms with Crippen molar-refractivity contribution >= 4 is 5.91 Å². The Morgan fingerprint density at radius 2 is 1.79 bits per heavy atom. The molecule has 0 saturated heterocycles. The Balaban J connectivity index is 2.76. The van der Waals surface area contributed by atoms with Gasteiger partial charge in [0.2, 0.25) is 5.91 Å². The molecule has 0 aromatic carbocycles. The summed E-state index contributed by atoms with van der Waals surface area (Å²) in [6.07, 6.45) is 4.31. The first-order valence-electron chi connectivity index (χ1n) is 5.47. The Hall–Kier alpha value is -0.570. The predicted molar refractivity (Wildman–Crippen MR) is 58.2 cm³/mol. The Labute approximate surface area is 86.9 Å². The van der Waals surface area contributed by atoms with Gasteiger partial charge in [-0.15, -0.1) is 0 Å². The lowest BCUT2D eigenvalue weighted by atomic mass is 9.95. The number of rotatable bonds is 3. The van der Waals surface area contributed by atoms with E-state index in [9.17, 15) is 4.79 Å². The summed E-state index contributed by atoms with van der Waals surface area (Å²) in [4.78, 5) is 13.8. The summed E-state index contributed by atoms with van der Waals surface area (Å²) >= 11 is 0. The average molecular weight is 198 g/mol. The molecule has 0 bridgehead atoms. The first-order valence-corrected chi connectivity index (χ1v) is 5.47. The lowest BCUT2D eigenvalue weighted by Crippen LogP contribution is -2.56. The SMILES string of the molecule is CC(C)NC1(C(=O)N(C)C)CCCC1. The van der Waals surface area contributed by atoms with Crippen LogP contribution in [-0.2, 0) is 4.79 Å². The first kappa shape index (κ1) is 11.5. The smallest absolute Gasteiger partial charge is 0.242 e. The van der Waals surface area contributed by atoms with E-state index in [1.807, 2.05) is 14.1 Å². The minimum Gasteiger partial charge on any atom is -0.347 e. The number of nitrogens with zero attached hydrogens (tertiary/aromatic N) is 1. The molecule has 1 N–H and O–H groups in total. The van der Waals surface area contributed by atoms with Crippen molar-refractivity contribution in [3.63, 3.8) is 0 Å². The van der Waals surface area contributed by atoms with E-state index in [1.165, 1.54) is 12.8 Å². The maximum absolute atomic E-state index is 12.1. The highest BCUT2D eigenvalue weighted by molar-refractivity contribution is 5.86. The summed E-state index contributed by atoms with van der Waals surface area (Å²) in [5, 5.41) is 3.45. The van der Waals surface area contributed by atoms with E-state index < -0.39 is 0 Å². The van der Waals surface area contributed by atoms with E-state index in [4.69, 9.17) is 0 Å². The van der Waals surface area contributed by atoms with Gasteiger partial charge in [0.05, 0.1) is 5.54 Å². The predicted octanol–water partition coefficient (Wildman–Crippen LogP) is 1.39. The number of likely N-dealkylation sites (N-methyl/N-ethyl adjacent to an activating group) is 1. The van der Waals surface area contributed by atoms with Crippen LogP contribution in [0.3, 0.4) is 0 Å². The maximum atomic E-state index is 12.1. The van der Waals surface area contributed by atoms with Crippen LogP contribution in [-0.4, -0.2) is 36.5 Å². The second kappa shape index (κ2) is 4.30. The molecule has 0 unspecified atom stereocenters. The molecule has 14 heavy (non-hydrogen) atoms. The van der Waals surface area contributed by atoms with Crippen LogP contribution in [0, 0.1) is 0 Å². The lowest BCUT2D eigenvalue weighted by Gasteiger charge is -2.33. The monoisotopic (exact) mass is 198 g/mol. The van der Waals surface area contributed by atoms with E-state index in [-0.39, 0.29) is 11.4 Å². The van der Waals surface area contributed by atoms with Gasteiger partial charge in [0.1, 0.15) is 0 Å². The highest BCUT2D eigenvalue weighted by Crippen LogP contribution is 2.31. The molecule has 1 saturated carbocycles. The highest BCUT2D eigenvalue weighted by atomic mass is 16.2. The molecule has 1 aliphatic rings. The third kappa shape index (κ3) is 2.27. The molecule has 0 atom stereocenters. The molecular formula is C11H22N2O. The van der Waals surface area contributed by atoms with Crippen LogP contribution in [0.1, 0.15) is 39.5 Å². The number of hydrogen-bond acceptors (Lipinski definition) is 2. The van der Waals surface area contributed by atoms with E-state index in [1.54, 1.807) is 4.90 Å². The third-order valence-corrected chi connectivity index (χ3v) is 2.84. The average Bonchev–Trinajstić information content (AvgIpc) is 2.51. The van der Waals surface area contributed by atoms with Crippen molar-refractivity contribution in [2.45, 2.75) is 51.1 Å². The summed E-state index contributed by atoms with van der Waals surface area (Å²) in [6, 6.07) is 0.372. The zero-order chi connectivity index (χ0) is 10.8. The van der Waals surface area contributed by atoms with Crippen molar-refractivity contribution in [1.82, 2.24) is 10.2 Å². The van der Waals surface area contributed by atoms with Gasteiger partial charge in [0.15, 0.2) is 0 Å². The van der Waals surface area contributed by atoms with Crippen LogP contribution in [0.5, 0.6) is 0 Å². The molecule has 0 aliphatic heterocycles. The second-order valence-corrected chi connectivity index (χ2v) is 4.79. The largest absolute Gasteiger partial charge is 0.347 e. The summed E-state index contributed by atoms with van der Waals surface area (Å²) < 4.78 is 0. The van der Waals surface area contributed by atoms with Crippen molar-refractivity contribution in [2.75, 3.05) is 14.1 Å². The molecule has 0 spiro atoms. The molecule has 1 fully saturated rings. The lowest BCUT2D eigenvalue weighted by molar-refractivity contribution is -0.136. The van der Waals surface area contributed by atoms with Gasteiger partial charge in [-0.3, -0.25) is 4.79 Å². The van der Waals surface area contributed by atoms with Gasteiger partial charge < -0.3 is 10.2 Å². The van der Waals surface area contributed by atoms with Gasteiger partial charge >= 0.3 is 0 Å². The summed E-state index contributed by atoms with van der Waals surface area (Å²) in [7, 11) is 3.68. The number of nitrogens with one attached hydrogen (secondary N) is 1. The zero-order valence-corrected chi connectivity index (χ0v) is 9.76. The van der Waals surface area contributed by atoms with Crippen LogP contribution in [0.15, 0.2) is 0 Å². The van der Waals surface area contributed by atoms with Gasteiger partial charge in [-0.1, -0.05) is 12.8 Å². The number of hydrogen-bond donors (Lipinski definition) is 1. The number of amides is 1. The van der Waals surface area contributed by atoms with Crippen molar-refractivity contribution in [3.8, 4) is 0 Å². The summed E-state index contributed by atoms with van der Waals surface area (Å²) in [5.41, 5.74) is -0.266. The molecule has 0 heterocycles. The van der Waals surface area contributed by atoms with E-state index in [2.05, 4.69) is 19.2 Å². The van der Waals surface area contributed by atoms with Crippen LogP contribution in [0.25, 0.3) is 0 Å². The molecule has 1 rings (SSSR count). The van der Waals surface area contributed by atoms with E-state index in [0.717, 1.165) is 12.8 Å². The highest BCUT2D eigenvalue weighted by Gasteiger charge is 2.41. The Morgan fingerprint density at radius 1 is 1.29 bits per heavy atom. The van der Waals surface area contributed by atoms with E-state index >= 15 is 0 Å². The quantitative estimate of drug-likeness (QED) is 0.743. The topological polar surface area (TPSA) is 32.3 Å². The Bertz CT molecular complexity index is 205. The summed E-state index contributed by atoms with van der Waals surface area (Å²) in [5.74, 6) is 0.240.